The number of fused-ring (bicyclic) bond motifs is 10. The Hall–Kier alpha value is -6.49. The quantitative estimate of drug-likeness (QED) is 0.171. The summed E-state index contributed by atoms with van der Waals surface area (Å²) < 4.78 is 2.51. The molecule has 0 unspecified atom stereocenters. The van der Waals surface area contributed by atoms with Crippen molar-refractivity contribution in [2.24, 2.45) is 0 Å². The van der Waals surface area contributed by atoms with E-state index in [1.165, 1.54) is 58.6 Å². The van der Waals surface area contributed by atoms with Gasteiger partial charge in [0.05, 0.1) is 22.6 Å². The van der Waals surface area contributed by atoms with Crippen LogP contribution in [-0.4, -0.2) is 15.0 Å². The van der Waals surface area contributed by atoms with E-state index < -0.39 is 0 Å². The molecular weight excluding hydrogens is 675 g/mol. The smallest absolute Gasteiger partial charge is 0.160 e. The van der Waals surface area contributed by atoms with Crippen LogP contribution in [0.1, 0.15) is 25.0 Å². The van der Waals surface area contributed by atoms with E-state index in [9.17, 15) is 0 Å². The molecule has 3 heterocycles. The van der Waals surface area contributed by atoms with Crippen LogP contribution in [-0.2, 0) is 5.41 Å². The Morgan fingerprint density at radius 2 is 1.11 bits per heavy atom. The van der Waals surface area contributed by atoms with Crippen LogP contribution in [0, 0.1) is 0 Å². The summed E-state index contributed by atoms with van der Waals surface area (Å²) in [6.07, 6.45) is 0. The molecule has 0 N–H and O–H groups in total. The monoisotopic (exact) mass is 707 g/mol. The van der Waals surface area contributed by atoms with E-state index >= 15 is 0 Å². The Labute approximate surface area is 317 Å². The number of pyridine rings is 1. The molecule has 1 aliphatic rings. The lowest BCUT2D eigenvalue weighted by Crippen LogP contribution is -2.14. The van der Waals surface area contributed by atoms with E-state index in [1.54, 1.807) is 0 Å². The third-order valence-corrected chi connectivity index (χ3v) is 12.5. The second-order valence-electron chi connectivity index (χ2n) is 14.8. The first-order chi connectivity index (χ1) is 26.5. The highest BCUT2D eigenvalue weighted by molar-refractivity contribution is 7.26. The zero-order valence-electron chi connectivity index (χ0n) is 29.8. The second-order valence-corrected chi connectivity index (χ2v) is 15.8. The van der Waals surface area contributed by atoms with Gasteiger partial charge in [-0.05, 0) is 58.7 Å². The summed E-state index contributed by atoms with van der Waals surface area (Å²) in [5.74, 6) is 0.718. The molecule has 0 bridgehead atoms. The minimum atomic E-state index is -0.0492. The Kier molecular flexibility index (Phi) is 6.77. The van der Waals surface area contributed by atoms with Crippen LogP contribution >= 0.6 is 11.3 Å². The predicted octanol–water partition coefficient (Wildman–Crippen LogP) is 13.5. The lowest BCUT2D eigenvalue weighted by atomic mass is 9.82. The topological polar surface area (TPSA) is 38.7 Å². The Morgan fingerprint density at radius 1 is 0.444 bits per heavy atom. The number of hydrogen-bond acceptors (Lipinski definition) is 4. The van der Waals surface area contributed by atoms with Gasteiger partial charge in [0, 0.05) is 64.0 Å². The summed E-state index contributed by atoms with van der Waals surface area (Å²) >= 11 is 1.85. The average molecular weight is 708 g/mol. The molecule has 0 amide bonds. The molecule has 11 rings (SSSR count). The van der Waals surface area contributed by atoms with Crippen molar-refractivity contribution in [1.29, 1.82) is 0 Å². The van der Waals surface area contributed by atoms with E-state index in [4.69, 9.17) is 15.0 Å². The molecule has 54 heavy (non-hydrogen) atoms. The molecule has 0 radical (unpaired) electrons. The number of hydrogen-bond donors (Lipinski definition) is 0. The molecule has 1 aliphatic carbocycles. The largest absolute Gasteiger partial charge is 0.247 e. The number of benzene rings is 7. The molecule has 0 saturated heterocycles. The van der Waals surface area contributed by atoms with Gasteiger partial charge < -0.3 is 0 Å². The summed E-state index contributed by atoms with van der Waals surface area (Å²) in [7, 11) is 0. The minimum absolute atomic E-state index is 0.0492. The molecular formula is C50H33N3S. The highest BCUT2D eigenvalue weighted by Crippen LogP contribution is 2.50. The molecule has 10 aromatic rings. The van der Waals surface area contributed by atoms with Crippen LogP contribution in [0.2, 0.25) is 0 Å². The van der Waals surface area contributed by atoms with Gasteiger partial charge in [0.2, 0.25) is 0 Å². The first kappa shape index (κ1) is 31.1. The molecule has 0 aliphatic heterocycles. The maximum Gasteiger partial charge on any atom is 0.160 e. The van der Waals surface area contributed by atoms with E-state index in [0.717, 1.165) is 50.7 Å². The summed E-state index contributed by atoms with van der Waals surface area (Å²) in [5.41, 5.74) is 13.4. The standard InChI is InChI=1S/C50H33N3S/c1-50(2)40-19-11-9-17-34(40)38-27-32(21-25-41(38)50)44-29-43(30-13-5-3-6-14-30)52-49(53-44)33-22-26-45-39(28-33)35-23-24-37-46(48(35)54-45)36-18-10-12-20-42(36)51-47(37)31-15-7-4-8-16-31/h3-29H,1-2H3. The molecule has 3 aromatic heterocycles. The normalized spacial score (nSPS) is 13.1. The van der Waals surface area contributed by atoms with Crippen molar-refractivity contribution in [1.82, 2.24) is 15.0 Å². The van der Waals surface area contributed by atoms with Gasteiger partial charge in [-0.3, -0.25) is 0 Å². The fourth-order valence-electron chi connectivity index (χ4n) is 8.58. The third kappa shape index (κ3) is 4.70. The van der Waals surface area contributed by atoms with Gasteiger partial charge in [-0.15, -0.1) is 11.3 Å². The number of para-hydroxylation sites is 1. The molecule has 0 fully saturated rings. The Balaban J connectivity index is 1.11. The summed E-state index contributed by atoms with van der Waals surface area (Å²) in [5, 5.41) is 6.05. The Bertz CT molecular complexity index is 3120. The van der Waals surface area contributed by atoms with Crippen molar-refractivity contribution in [3.63, 3.8) is 0 Å². The fourth-order valence-corrected chi connectivity index (χ4v) is 9.83. The molecule has 254 valence electrons. The molecule has 0 atom stereocenters. The lowest BCUT2D eigenvalue weighted by Gasteiger charge is -2.21. The van der Waals surface area contributed by atoms with E-state index in [0.29, 0.717) is 0 Å². The summed E-state index contributed by atoms with van der Waals surface area (Å²) in [6, 6.07) is 58.5. The van der Waals surface area contributed by atoms with Gasteiger partial charge in [0.15, 0.2) is 5.82 Å². The van der Waals surface area contributed by atoms with Crippen LogP contribution in [0.5, 0.6) is 0 Å². The molecule has 3 nitrogen and oxygen atoms in total. The molecule has 0 spiro atoms. The van der Waals surface area contributed by atoms with Gasteiger partial charge in [-0.25, -0.2) is 15.0 Å². The van der Waals surface area contributed by atoms with Crippen molar-refractivity contribution < 1.29 is 0 Å². The first-order valence-corrected chi connectivity index (χ1v) is 19.3. The van der Waals surface area contributed by atoms with Gasteiger partial charge in [0.1, 0.15) is 0 Å². The summed E-state index contributed by atoms with van der Waals surface area (Å²) in [6.45, 7) is 4.64. The molecule has 7 aromatic carbocycles. The zero-order chi connectivity index (χ0) is 36.0. The van der Waals surface area contributed by atoms with Crippen LogP contribution in [0.15, 0.2) is 164 Å². The van der Waals surface area contributed by atoms with Crippen molar-refractivity contribution in [2.45, 2.75) is 19.3 Å². The maximum absolute atomic E-state index is 5.31. The van der Waals surface area contributed by atoms with Gasteiger partial charge in [0.25, 0.3) is 0 Å². The highest BCUT2D eigenvalue weighted by atomic mass is 32.1. The number of aromatic nitrogens is 3. The van der Waals surface area contributed by atoms with Crippen LogP contribution < -0.4 is 0 Å². The second kappa shape index (κ2) is 11.8. The highest BCUT2D eigenvalue weighted by Gasteiger charge is 2.35. The number of nitrogens with zero attached hydrogens (tertiary/aromatic N) is 3. The van der Waals surface area contributed by atoms with Gasteiger partial charge >= 0.3 is 0 Å². The fraction of sp³-hybridized carbons (Fsp3) is 0.0600. The number of rotatable bonds is 4. The van der Waals surface area contributed by atoms with Gasteiger partial charge in [-0.2, -0.15) is 0 Å². The predicted molar refractivity (Wildman–Crippen MR) is 227 cm³/mol. The van der Waals surface area contributed by atoms with E-state index in [2.05, 4.69) is 172 Å². The van der Waals surface area contributed by atoms with Crippen molar-refractivity contribution in [3.8, 4) is 56.3 Å². The van der Waals surface area contributed by atoms with E-state index in [1.807, 2.05) is 17.4 Å². The van der Waals surface area contributed by atoms with Crippen LogP contribution in [0.25, 0.3) is 98.1 Å². The first-order valence-electron chi connectivity index (χ1n) is 18.4. The minimum Gasteiger partial charge on any atom is -0.247 e. The lowest BCUT2D eigenvalue weighted by molar-refractivity contribution is 0.660. The van der Waals surface area contributed by atoms with Crippen LogP contribution in [0.3, 0.4) is 0 Å². The SMILES string of the molecule is CC1(C)c2ccccc2-c2cc(-c3cc(-c4ccccc4)nc(-c4ccc5sc6c(ccc7c(-c8ccccc8)nc8ccccc8c76)c5c4)n3)ccc21. The Morgan fingerprint density at radius 3 is 1.94 bits per heavy atom. The number of thiophene rings is 1. The summed E-state index contributed by atoms with van der Waals surface area (Å²) in [4.78, 5) is 15.7. The van der Waals surface area contributed by atoms with Crippen LogP contribution in [0.4, 0.5) is 0 Å². The van der Waals surface area contributed by atoms with Crippen molar-refractivity contribution in [2.75, 3.05) is 0 Å². The average Bonchev–Trinajstić information content (AvgIpc) is 3.72. The van der Waals surface area contributed by atoms with Crippen molar-refractivity contribution >= 4 is 53.2 Å². The molecule has 0 saturated carbocycles. The van der Waals surface area contributed by atoms with Crippen molar-refractivity contribution in [3.05, 3.63) is 175 Å². The van der Waals surface area contributed by atoms with Gasteiger partial charge in [-0.1, -0.05) is 141 Å². The van der Waals surface area contributed by atoms with E-state index in [-0.39, 0.29) is 5.41 Å². The third-order valence-electron chi connectivity index (χ3n) is 11.3. The zero-order valence-corrected chi connectivity index (χ0v) is 30.7. The molecule has 4 heteroatoms. The maximum atomic E-state index is 5.31.